The van der Waals surface area contributed by atoms with Crippen LogP contribution in [0.4, 0.5) is 4.39 Å². The molecule has 0 atom stereocenters. The molecule has 0 heterocycles. The highest BCUT2D eigenvalue weighted by molar-refractivity contribution is 7.88. The van der Waals surface area contributed by atoms with Crippen molar-refractivity contribution in [1.29, 1.82) is 0 Å². The zero-order valence-electron chi connectivity index (χ0n) is 8.99. The number of hydrogen-bond acceptors (Lipinski definition) is 3. The molecular formula is C9H9Cl2FN2O2S. The molecule has 0 saturated heterocycles. The Bertz CT molecular complexity index is 540. The maximum Gasteiger partial charge on any atom is 0.246 e. The maximum atomic E-state index is 13.4. The van der Waals surface area contributed by atoms with Crippen LogP contribution in [0, 0.1) is 5.82 Å². The van der Waals surface area contributed by atoms with E-state index in [4.69, 9.17) is 23.2 Å². The lowest BCUT2D eigenvalue weighted by atomic mass is 10.2. The summed E-state index contributed by atoms with van der Waals surface area (Å²) in [4.78, 5) is 0. The van der Waals surface area contributed by atoms with E-state index < -0.39 is 15.8 Å². The van der Waals surface area contributed by atoms with Gasteiger partial charge in [0.25, 0.3) is 0 Å². The fourth-order valence-corrected chi connectivity index (χ4v) is 1.82. The number of benzene rings is 1. The van der Waals surface area contributed by atoms with Gasteiger partial charge in [0, 0.05) is 7.05 Å². The van der Waals surface area contributed by atoms with E-state index in [0.717, 1.165) is 12.3 Å². The van der Waals surface area contributed by atoms with Gasteiger partial charge in [0.15, 0.2) is 5.17 Å². The van der Waals surface area contributed by atoms with E-state index in [1.165, 1.54) is 19.2 Å². The van der Waals surface area contributed by atoms with Crippen molar-refractivity contribution in [3.8, 4) is 0 Å². The fraction of sp³-hybridized carbons (Fsp3) is 0.222. The summed E-state index contributed by atoms with van der Waals surface area (Å²) >= 11 is 11.5. The lowest BCUT2D eigenvalue weighted by molar-refractivity contribution is 0.496. The number of halogens is 3. The molecule has 0 N–H and O–H groups in total. The van der Waals surface area contributed by atoms with Crippen molar-refractivity contribution in [3.63, 3.8) is 0 Å². The van der Waals surface area contributed by atoms with Crippen molar-refractivity contribution >= 4 is 38.4 Å². The zero-order valence-corrected chi connectivity index (χ0v) is 11.3. The van der Waals surface area contributed by atoms with Crippen LogP contribution in [0.5, 0.6) is 0 Å². The van der Waals surface area contributed by atoms with Crippen LogP contribution < -0.4 is 0 Å². The molecule has 1 aromatic carbocycles. The molecule has 0 spiro atoms. The molecule has 0 fully saturated rings. The first kappa shape index (κ1) is 14.2. The Morgan fingerprint density at radius 3 is 2.53 bits per heavy atom. The molecular weight excluding hydrogens is 290 g/mol. The van der Waals surface area contributed by atoms with Gasteiger partial charge >= 0.3 is 0 Å². The Kier molecular flexibility index (Phi) is 4.35. The second kappa shape index (κ2) is 5.20. The molecule has 0 unspecified atom stereocenters. The van der Waals surface area contributed by atoms with Gasteiger partial charge in [-0.15, -0.1) is 0 Å². The molecule has 0 saturated carbocycles. The van der Waals surface area contributed by atoms with Crippen LogP contribution >= 0.6 is 23.2 Å². The maximum absolute atomic E-state index is 13.4. The van der Waals surface area contributed by atoms with Gasteiger partial charge in [0.1, 0.15) is 5.82 Å². The molecule has 17 heavy (non-hydrogen) atoms. The predicted octanol–water partition coefficient (Wildman–Crippen LogP) is 2.27. The topological polar surface area (TPSA) is 49.7 Å². The number of hydrazone groups is 1. The summed E-state index contributed by atoms with van der Waals surface area (Å²) in [6, 6.07) is 3.99. The normalized spacial score (nSPS) is 12.6. The van der Waals surface area contributed by atoms with Crippen LogP contribution in [0.3, 0.4) is 0 Å². The van der Waals surface area contributed by atoms with Crippen LogP contribution in [0.25, 0.3) is 0 Å². The Morgan fingerprint density at radius 1 is 1.47 bits per heavy atom. The number of rotatable bonds is 3. The van der Waals surface area contributed by atoms with Gasteiger partial charge in [-0.2, -0.15) is 9.52 Å². The smallest absolute Gasteiger partial charge is 0.206 e. The minimum atomic E-state index is -3.54. The molecule has 0 aliphatic carbocycles. The molecule has 1 rings (SSSR count). The Labute approximate surface area is 109 Å². The predicted molar refractivity (Wildman–Crippen MR) is 66.4 cm³/mol. The van der Waals surface area contributed by atoms with Crippen molar-refractivity contribution < 1.29 is 12.8 Å². The SMILES string of the molecule is CN(/N=C(\Cl)c1c(F)cccc1Cl)S(C)(=O)=O. The van der Waals surface area contributed by atoms with E-state index in [1.807, 2.05) is 0 Å². The third kappa shape index (κ3) is 3.55. The quantitative estimate of drug-likeness (QED) is 0.635. The molecule has 0 bridgehead atoms. The second-order valence-electron chi connectivity index (χ2n) is 3.18. The summed E-state index contributed by atoms with van der Waals surface area (Å²) in [5.41, 5.74) is -0.133. The standard InChI is InChI=1S/C9H9Cl2FN2O2S/c1-14(17(2,15)16)13-9(11)8-6(10)4-3-5-7(8)12/h3-5H,1-2H3/b13-9-. The number of nitrogens with zero attached hydrogens (tertiary/aromatic N) is 2. The average Bonchev–Trinajstić information content (AvgIpc) is 2.15. The largest absolute Gasteiger partial charge is 0.246 e. The molecule has 0 radical (unpaired) electrons. The van der Waals surface area contributed by atoms with E-state index in [2.05, 4.69) is 5.10 Å². The first-order valence-corrected chi connectivity index (χ1v) is 6.96. The van der Waals surface area contributed by atoms with Crippen molar-refractivity contribution in [1.82, 2.24) is 4.41 Å². The summed E-state index contributed by atoms with van der Waals surface area (Å²) in [7, 11) is -2.35. The van der Waals surface area contributed by atoms with Crippen LogP contribution in [0.2, 0.25) is 5.02 Å². The van der Waals surface area contributed by atoms with Crippen LogP contribution in [-0.2, 0) is 10.0 Å². The fourth-order valence-electron chi connectivity index (χ4n) is 0.943. The minimum absolute atomic E-state index is 0.0562. The molecule has 0 aliphatic heterocycles. The molecule has 8 heteroatoms. The molecule has 94 valence electrons. The summed E-state index contributed by atoms with van der Waals surface area (Å²) in [6.45, 7) is 0. The summed E-state index contributed by atoms with van der Waals surface area (Å²) in [6.07, 6.45) is 0.948. The molecule has 0 aromatic heterocycles. The van der Waals surface area contributed by atoms with Gasteiger partial charge in [-0.1, -0.05) is 29.3 Å². The molecule has 0 aliphatic rings. The van der Waals surface area contributed by atoms with Crippen LogP contribution in [0.15, 0.2) is 23.3 Å². The summed E-state index contributed by atoms with van der Waals surface area (Å²) in [5, 5.41) is 3.27. The van der Waals surface area contributed by atoms with Gasteiger partial charge in [-0.05, 0) is 12.1 Å². The molecule has 0 amide bonds. The Hall–Kier alpha value is -0.850. The van der Waals surface area contributed by atoms with Crippen molar-refractivity contribution in [2.24, 2.45) is 5.10 Å². The lowest BCUT2D eigenvalue weighted by Gasteiger charge is -2.11. The van der Waals surface area contributed by atoms with Gasteiger partial charge in [0.2, 0.25) is 10.0 Å². The van der Waals surface area contributed by atoms with Crippen molar-refractivity contribution in [2.75, 3.05) is 13.3 Å². The van der Waals surface area contributed by atoms with Gasteiger partial charge < -0.3 is 0 Å². The first-order valence-electron chi connectivity index (χ1n) is 4.36. The summed E-state index contributed by atoms with van der Waals surface area (Å²) < 4.78 is 36.3. The average molecular weight is 299 g/mol. The lowest BCUT2D eigenvalue weighted by Crippen LogP contribution is -2.21. The first-order chi connectivity index (χ1) is 7.73. The van der Waals surface area contributed by atoms with E-state index in [9.17, 15) is 12.8 Å². The molecule has 1 aromatic rings. The minimum Gasteiger partial charge on any atom is -0.206 e. The Balaban J connectivity index is 3.22. The van der Waals surface area contributed by atoms with Gasteiger partial charge in [-0.25, -0.2) is 12.8 Å². The van der Waals surface area contributed by atoms with Crippen LogP contribution in [-0.4, -0.2) is 31.3 Å². The highest BCUT2D eigenvalue weighted by Crippen LogP contribution is 2.21. The van der Waals surface area contributed by atoms with Crippen LogP contribution in [0.1, 0.15) is 5.56 Å². The summed E-state index contributed by atoms with van der Waals surface area (Å²) in [5.74, 6) is -0.673. The third-order valence-corrected chi connectivity index (χ3v) is 3.50. The number of sulfonamides is 1. The highest BCUT2D eigenvalue weighted by atomic mass is 35.5. The zero-order chi connectivity index (χ0) is 13.2. The second-order valence-corrected chi connectivity index (χ2v) is 5.94. The highest BCUT2D eigenvalue weighted by Gasteiger charge is 2.15. The third-order valence-electron chi connectivity index (χ3n) is 1.88. The van der Waals surface area contributed by atoms with Crippen molar-refractivity contribution in [2.45, 2.75) is 0 Å². The van der Waals surface area contributed by atoms with Gasteiger partial charge in [0.05, 0.1) is 16.8 Å². The number of hydrogen-bond donors (Lipinski definition) is 0. The van der Waals surface area contributed by atoms with E-state index in [0.29, 0.717) is 4.41 Å². The Morgan fingerprint density at radius 2 is 2.06 bits per heavy atom. The van der Waals surface area contributed by atoms with E-state index in [1.54, 1.807) is 0 Å². The molecule has 4 nitrogen and oxygen atoms in total. The van der Waals surface area contributed by atoms with Crippen molar-refractivity contribution in [3.05, 3.63) is 34.6 Å². The van der Waals surface area contributed by atoms with E-state index in [-0.39, 0.29) is 15.8 Å². The monoisotopic (exact) mass is 298 g/mol. The van der Waals surface area contributed by atoms with Gasteiger partial charge in [-0.3, -0.25) is 0 Å². The van der Waals surface area contributed by atoms with E-state index >= 15 is 0 Å².